The van der Waals surface area contributed by atoms with Gasteiger partial charge in [0.15, 0.2) is 11.5 Å². The van der Waals surface area contributed by atoms with Crippen LogP contribution in [0.1, 0.15) is 40.9 Å². The molecule has 0 aliphatic carbocycles. The first-order valence-electron chi connectivity index (χ1n) is 10.2. The molecule has 0 radical (unpaired) electrons. The molecule has 7 nitrogen and oxygen atoms in total. The summed E-state index contributed by atoms with van der Waals surface area (Å²) < 4.78 is 12.4. The third kappa shape index (κ3) is 4.30. The van der Waals surface area contributed by atoms with Crippen LogP contribution in [0.5, 0.6) is 11.5 Å². The van der Waals surface area contributed by atoms with Crippen LogP contribution in [-0.2, 0) is 13.1 Å². The van der Waals surface area contributed by atoms with Crippen molar-refractivity contribution in [2.24, 2.45) is 0 Å². The van der Waals surface area contributed by atoms with Crippen LogP contribution in [0.2, 0.25) is 0 Å². The first-order chi connectivity index (χ1) is 14.9. The predicted octanol–water partition coefficient (Wildman–Crippen LogP) is 3.38. The Morgan fingerprint density at radius 1 is 1.16 bits per heavy atom. The maximum Gasteiger partial charge on any atom is 0.263 e. The molecule has 0 unspecified atom stereocenters. The zero-order valence-corrected chi connectivity index (χ0v) is 17.9. The number of hydrogen-bond donors (Lipinski definition) is 0. The van der Waals surface area contributed by atoms with E-state index in [1.807, 2.05) is 50.2 Å². The smallest absolute Gasteiger partial charge is 0.263 e. The van der Waals surface area contributed by atoms with E-state index in [1.165, 1.54) is 0 Å². The van der Waals surface area contributed by atoms with Crippen molar-refractivity contribution < 1.29 is 14.3 Å². The Labute approximate surface area is 180 Å². The summed E-state index contributed by atoms with van der Waals surface area (Å²) in [5.41, 5.74) is 2.36. The fourth-order valence-corrected chi connectivity index (χ4v) is 3.61. The fourth-order valence-electron chi connectivity index (χ4n) is 3.61. The maximum absolute atomic E-state index is 13.5. The number of hydrogen-bond acceptors (Lipinski definition) is 5. The number of carbonyl (C=O) groups excluding carboxylic acids is 1. The van der Waals surface area contributed by atoms with Crippen LogP contribution in [0.3, 0.4) is 0 Å². The lowest BCUT2D eigenvalue weighted by molar-refractivity contribution is 0.0687. The minimum Gasteiger partial charge on any atom is -0.454 e. The second kappa shape index (κ2) is 8.63. The Hall–Kier alpha value is -3.61. The molecule has 0 saturated carbocycles. The van der Waals surface area contributed by atoms with Gasteiger partial charge in [-0.3, -0.25) is 14.6 Å². The van der Waals surface area contributed by atoms with E-state index < -0.39 is 0 Å². The van der Waals surface area contributed by atoms with Crippen LogP contribution >= 0.6 is 0 Å². The molecule has 3 heterocycles. The minimum atomic E-state index is -0.301. The van der Waals surface area contributed by atoms with E-state index in [1.54, 1.807) is 35.0 Å². The summed E-state index contributed by atoms with van der Waals surface area (Å²) in [4.78, 5) is 32.5. The van der Waals surface area contributed by atoms with Gasteiger partial charge in [0.25, 0.3) is 11.5 Å². The largest absolute Gasteiger partial charge is 0.454 e. The summed E-state index contributed by atoms with van der Waals surface area (Å²) in [6.07, 6.45) is 5.12. The molecule has 7 heteroatoms. The summed E-state index contributed by atoms with van der Waals surface area (Å²) >= 11 is 0. The van der Waals surface area contributed by atoms with Crippen molar-refractivity contribution in [3.05, 3.63) is 87.6 Å². The molecule has 0 bridgehead atoms. The second-order valence-corrected chi connectivity index (χ2v) is 7.88. The molecule has 3 aromatic rings. The van der Waals surface area contributed by atoms with Crippen LogP contribution in [0.4, 0.5) is 0 Å². The minimum absolute atomic E-state index is 0.0938. The monoisotopic (exact) mass is 419 g/mol. The Kier molecular flexibility index (Phi) is 5.75. The van der Waals surface area contributed by atoms with Crippen LogP contribution in [0.25, 0.3) is 0 Å². The number of benzene rings is 1. The van der Waals surface area contributed by atoms with Gasteiger partial charge in [0.05, 0.1) is 6.54 Å². The van der Waals surface area contributed by atoms with Gasteiger partial charge in [0, 0.05) is 31.2 Å². The van der Waals surface area contributed by atoms with E-state index in [0.717, 1.165) is 11.1 Å². The van der Waals surface area contributed by atoms with E-state index in [9.17, 15) is 9.59 Å². The molecule has 1 aromatic carbocycles. The molecule has 0 atom stereocenters. The van der Waals surface area contributed by atoms with Gasteiger partial charge in [-0.05, 0) is 61.7 Å². The Balaban J connectivity index is 1.64. The normalized spacial score (nSPS) is 12.3. The number of amides is 1. The fraction of sp³-hybridized carbons (Fsp3) is 0.292. The van der Waals surface area contributed by atoms with Gasteiger partial charge in [0.2, 0.25) is 6.79 Å². The van der Waals surface area contributed by atoms with E-state index in [0.29, 0.717) is 30.2 Å². The van der Waals surface area contributed by atoms with Crippen molar-refractivity contribution in [3.8, 4) is 11.5 Å². The molecule has 0 fully saturated rings. The molecular weight excluding hydrogens is 394 g/mol. The third-order valence-electron chi connectivity index (χ3n) is 5.34. The summed E-state index contributed by atoms with van der Waals surface area (Å²) in [5.74, 6) is 1.09. The molecule has 1 aliphatic heterocycles. The maximum atomic E-state index is 13.5. The van der Waals surface area contributed by atoms with Crippen molar-refractivity contribution >= 4 is 5.91 Å². The number of aryl methyl sites for hydroxylation is 1. The van der Waals surface area contributed by atoms with Gasteiger partial charge in [-0.1, -0.05) is 12.1 Å². The number of carbonyl (C=O) groups is 1. The molecule has 0 spiro atoms. The molecule has 0 N–H and O–H groups in total. The second-order valence-electron chi connectivity index (χ2n) is 7.88. The number of nitrogens with zero attached hydrogens (tertiary/aromatic N) is 3. The molecule has 160 valence electrons. The predicted molar refractivity (Wildman–Crippen MR) is 116 cm³/mol. The third-order valence-corrected chi connectivity index (χ3v) is 5.34. The van der Waals surface area contributed by atoms with Gasteiger partial charge in [-0.25, -0.2) is 0 Å². The molecule has 4 rings (SSSR count). The number of fused-ring (bicyclic) bond motifs is 1. The standard InChI is InChI=1S/C24H25N3O4/c1-16(2)27(14-18-6-7-20-21(11-18)31-15-30-20)24(29)22-17(3)8-10-26(23(22)28)13-19-5-4-9-25-12-19/h4-12,16H,13-15H2,1-3H3. The van der Waals surface area contributed by atoms with Crippen molar-refractivity contribution in [2.75, 3.05) is 6.79 Å². The summed E-state index contributed by atoms with van der Waals surface area (Å²) in [5, 5.41) is 0. The number of pyridine rings is 2. The van der Waals surface area contributed by atoms with E-state index in [4.69, 9.17) is 9.47 Å². The van der Waals surface area contributed by atoms with E-state index in [2.05, 4.69) is 4.98 Å². The Morgan fingerprint density at radius 2 is 1.97 bits per heavy atom. The van der Waals surface area contributed by atoms with Gasteiger partial charge >= 0.3 is 0 Å². The molecule has 2 aromatic heterocycles. The lowest BCUT2D eigenvalue weighted by Gasteiger charge is -2.27. The van der Waals surface area contributed by atoms with Crippen LogP contribution in [-0.4, -0.2) is 33.2 Å². The van der Waals surface area contributed by atoms with Gasteiger partial charge in [-0.15, -0.1) is 0 Å². The average molecular weight is 419 g/mol. The highest BCUT2D eigenvalue weighted by molar-refractivity contribution is 5.95. The highest BCUT2D eigenvalue weighted by atomic mass is 16.7. The van der Waals surface area contributed by atoms with Crippen LogP contribution < -0.4 is 15.0 Å². The number of rotatable bonds is 6. The lowest BCUT2D eigenvalue weighted by Crippen LogP contribution is -2.41. The SMILES string of the molecule is Cc1ccn(Cc2cccnc2)c(=O)c1C(=O)N(Cc1ccc2c(c1)OCO2)C(C)C. The van der Waals surface area contributed by atoms with Crippen LogP contribution in [0.15, 0.2) is 59.8 Å². The lowest BCUT2D eigenvalue weighted by atomic mass is 10.1. The quantitative estimate of drug-likeness (QED) is 0.612. The number of aromatic nitrogens is 2. The topological polar surface area (TPSA) is 73.7 Å². The zero-order chi connectivity index (χ0) is 22.0. The van der Waals surface area contributed by atoms with E-state index >= 15 is 0 Å². The average Bonchev–Trinajstić information content (AvgIpc) is 3.22. The van der Waals surface area contributed by atoms with Crippen molar-refractivity contribution in [1.82, 2.24) is 14.5 Å². The molecule has 1 amide bonds. The molecule has 1 aliphatic rings. The van der Waals surface area contributed by atoms with Gasteiger partial charge < -0.3 is 18.9 Å². The van der Waals surface area contributed by atoms with Crippen LogP contribution in [0, 0.1) is 6.92 Å². The molecular formula is C24H25N3O4. The van der Waals surface area contributed by atoms with Crippen molar-refractivity contribution in [1.29, 1.82) is 0 Å². The number of ether oxygens (including phenoxy) is 2. The molecule has 0 saturated heterocycles. The highest BCUT2D eigenvalue weighted by Crippen LogP contribution is 2.33. The molecule has 31 heavy (non-hydrogen) atoms. The van der Waals surface area contributed by atoms with E-state index in [-0.39, 0.29) is 29.9 Å². The van der Waals surface area contributed by atoms with Gasteiger partial charge in [-0.2, -0.15) is 0 Å². The Morgan fingerprint density at radius 3 is 2.71 bits per heavy atom. The highest BCUT2D eigenvalue weighted by Gasteiger charge is 2.25. The first-order valence-corrected chi connectivity index (χ1v) is 10.2. The zero-order valence-electron chi connectivity index (χ0n) is 17.9. The Bertz CT molecular complexity index is 1160. The summed E-state index contributed by atoms with van der Waals surface area (Å²) in [6, 6.07) is 11.1. The first kappa shape index (κ1) is 20.7. The van der Waals surface area contributed by atoms with Crippen molar-refractivity contribution in [2.45, 2.75) is 39.9 Å². The summed E-state index contributed by atoms with van der Waals surface area (Å²) in [7, 11) is 0. The van der Waals surface area contributed by atoms with Gasteiger partial charge in [0.1, 0.15) is 5.56 Å². The van der Waals surface area contributed by atoms with Crippen molar-refractivity contribution in [3.63, 3.8) is 0 Å². The summed E-state index contributed by atoms with van der Waals surface area (Å²) in [6.45, 7) is 6.60.